The molecular weight excluding hydrogens is 298 g/mol. The molecule has 0 aliphatic heterocycles. The van der Waals surface area contributed by atoms with Gasteiger partial charge in [0.25, 0.3) is 0 Å². The quantitative estimate of drug-likeness (QED) is 0.895. The summed E-state index contributed by atoms with van der Waals surface area (Å²) >= 11 is 3.40. The molecule has 4 nitrogen and oxygen atoms in total. The average molecular weight is 312 g/mol. The van der Waals surface area contributed by atoms with Gasteiger partial charge in [0.15, 0.2) is 0 Å². The maximum Gasteiger partial charge on any atom is 0.325 e. The van der Waals surface area contributed by atoms with Gasteiger partial charge in [0, 0.05) is 10.4 Å². The molecule has 2 rings (SSSR count). The molecule has 0 bridgehead atoms. The van der Waals surface area contributed by atoms with Crippen LogP contribution in [0.25, 0.3) is 0 Å². The van der Waals surface area contributed by atoms with Crippen molar-refractivity contribution in [3.8, 4) is 0 Å². The molecule has 0 spiro atoms. The summed E-state index contributed by atoms with van der Waals surface area (Å²) in [6.07, 6.45) is 0.786. The second-order valence-electron chi connectivity index (χ2n) is 4.57. The summed E-state index contributed by atoms with van der Waals surface area (Å²) in [6, 6.07) is 7.03. The number of carbonyl (C=O) groups excluding carboxylic acids is 1. The minimum atomic E-state index is -1.01. The fourth-order valence-corrected chi connectivity index (χ4v) is 2.39. The van der Waals surface area contributed by atoms with Crippen molar-refractivity contribution in [2.75, 3.05) is 0 Å². The van der Waals surface area contributed by atoms with Crippen LogP contribution in [0.1, 0.15) is 24.8 Å². The van der Waals surface area contributed by atoms with Gasteiger partial charge in [-0.25, -0.2) is 0 Å². The van der Waals surface area contributed by atoms with E-state index in [-0.39, 0.29) is 17.7 Å². The van der Waals surface area contributed by atoms with E-state index in [1.54, 1.807) is 0 Å². The molecular formula is C13H14BrNO3. The van der Waals surface area contributed by atoms with Crippen molar-refractivity contribution in [3.05, 3.63) is 34.3 Å². The number of rotatable bonds is 4. The summed E-state index contributed by atoms with van der Waals surface area (Å²) in [7, 11) is 0. The van der Waals surface area contributed by atoms with Gasteiger partial charge in [-0.2, -0.15) is 0 Å². The van der Waals surface area contributed by atoms with Crippen LogP contribution in [-0.2, 0) is 9.59 Å². The van der Waals surface area contributed by atoms with Gasteiger partial charge in [0.05, 0.1) is 0 Å². The third kappa shape index (κ3) is 2.90. The molecule has 3 atom stereocenters. The lowest BCUT2D eigenvalue weighted by molar-refractivity contribution is -0.141. The SMILES string of the molecule is C[C@H](NC(=O)C1CC1c1cccc(Br)c1)C(=O)O. The van der Waals surface area contributed by atoms with Gasteiger partial charge in [-0.3, -0.25) is 9.59 Å². The van der Waals surface area contributed by atoms with Gasteiger partial charge in [0.2, 0.25) is 5.91 Å². The maximum atomic E-state index is 11.8. The zero-order chi connectivity index (χ0) is 13.3. The molecule has 1 aliphatic carbocycles. The summed E-state index contributed by atoms with van der Waals surface area (Å²) < 4.78 is 0.991. The number of nitrogens with one attached hydrogen (secondary N) is 1. The Morgan fingerprint density at radius 3 is 2.83 bits per heavy atom. The zero-order valence-electron chi connectivity index (χ0n) is 9.89. The normalized spacial score (nSPS) is 23.2. The Morgan fingerprint density at radius 2 is 2.22 bits per heavy atom. The monoisotopic (exact) mass is 311 g/mol. The van der Waals surface area contributed by atoms with Gasteiger partial charge < -0.3 is 10.4 Å². The van der Waals surface area contributed by atoms with Crippen LogP contribution in [0.15, 0.2) is 28.7 Å². The van der Waals surface area contributed by atoms with Gasteiger partial charge in [-0.15, -0.1) is 0 Å². The van der Waals surface area contributed by atoms with Crippen LogP contribution in [0.3, 0.4) is 0 Å². The third-order valence-corrected chi connectivity index (χ3v) is 3.63. The largest absolute Gasteiger partial charge is 0.480 e. The highest BCUT2D eigenvalue weighted by atomic mass is 79.9. The number of hydrogen-bond acceptors (Lipinski definition) is 2. The fourth-order valence-electron chi connectivity index (χ4n) is 1.97. The first-order valence-electron chi connectivity index (χ1n) is 5.77. The Labute approximate surface area is 114 Å². The maximum absolute atomic E-state index is 11.8. The number of benzene rings is 1. The molecule has 96 valence electrons. The van der Waals surface area contributed by atoms with Gasteiger partial charge >= 0.3 is 5.97 Å². The third-order valence-electron chi connectivity index (χ3n) is 3.13. The number of aliphatic carboxylic acids is 1. The van der Waals surface area contributed by atoms with E-state index in [0.29, 0.717) is 0 Å². The van der Waals surface area contributed by atoms with E-state index in [0.717, 1.165) is 16.5 Å². The highest BCUT2D eigenvalue weighted by Crippen LogP contribution is 2.47. The summed E-state index contributed by atoms with van der Waals surface area (Å²) in [5.41, 5.74) is 1.12. The lowest BCUT2D eigenvalue weighted by Crippen LogP contribution is -2.39. The molecule has 0 radical (unpaired) electrons. The van der Waals surface area contributed by atoms with E-state index in [9.17, 15) is 9.59 Å². The standard InChI is InChI=1S/C13H14BrNO3/c1-7(13(17)18)15-12(16)11-6-10(11)8-3-2-4-9(14)5-8/h2-5,7,10-11H,6H2,1H3,(H,15,16)(H,17,18)/t7-,10?,11?/m0/s1. The summed E-state index contributed by atoms with van der Waals surface area (Å²) in [4.78, 5) is 22.5. The van der Waals surface area contributed by atoms with Crippen LogP contribution in [-0.4, -0.2) is 23.0 Å². The van der Waals surface area contributed by atoms with E-state index in [1.807, 2.05) is 24.3 Å². The van der Waals surface area contributed by atoms with E-state index in [1.165, 1.54) is 6.92 Å². The Hall–Kier alpha value is -1.36. The number of carboxylic acids is 1. The highest BCUT2D eigenvalue weighted by Gasteiger charge is 2.44. The van der Waals surface area contributed by atoms with Gasteiger partial charge in [0.1, 0.15) is 6.04 Å². The summed E-state index contributed by atoms with van der Waals surface area (Å²) in [6.45, 7) is 1.47. The van der Waals surface area contributed by atoms with Crippen molar-refractivity contribution in [2.24, 2.45) is 5.92 Å². The predicted octanol–water partition coefficient (Wildman–Crippen LogP) is 2.14. The molecule has 1 fully saturated rings. The minimum absolute atomic E-state index is 0.0962. The van der Waals surface area contributed by atoms with Crippen LogP contribution >= 0.6 is 15.9 Å². The highest BCUT2D eigenvalue weighted by molar-refractivity contribution is 9.10. The van der Waals surface area contributed by atoms with Crippen LogP contribution in [0.5, 0.6) is 0 Å². The second-order valence-corrected chi connectivity index (χ2v) is 5.49. The first-order valence-corrected chi connectivity index (χ1v) is 6.57. The molecule has 5 heteroatoms. The molecule has 0 saturated heterocycles. The fraction of sp³-hybridized carbons (Fsp3) is 0.385. The topological polar surface area (TPSA) is 66.4 Å². The first-order chi connectivity index (χ1) is 8.49. The van der Waals surface area contributed by atoms with E-state index >= 15 is 0 Å². The Morgan fingerprint density at radius 1 is 1.50 bits per heavy atom. The molecule has 1 amide bonds. The van der Waals surface area contributed by atoms with Crippen LogP contribution < -0.4 is 5.32 Å². The smallest absolute Gasteiger partial charge is 0.325 e. The Balaban J connectivity index is 1.95. The lowest BCUT2D eigenvalue weighted by Gasteiger charge is -2.08. The van der Waals surface area contributed by atoms with Gasteiger partial charge in [-0.05, 0) is 37.0 Å². The van der Waals surface area contributed by atoms with Crippen LogP contribution in [0.4, 0.5) is 0 Å². The first kappa shape index (κ1) is 13.1. The number of carbonyl (C=O) groups is 2. The molecule has 0 heterocycles. The molecule has 0 aromatic heterocycles. The molecule has 1 aromatic carbocycles. The van der Waals surface area contributed by atoms with Crippen molar-refractivity contribution < 1.29 is 14.7 Å². The zero-order valence-corrected chi connectivity index (χ0v) is 11.5. The molecule has 2 unspecified atom stereocenters. The molecule has 18 heavy (non-hydrogen) atoms. The summed E-state index contributed by atoms with van der Waals surface area (Å²) in [5, 5.41) is 11.2. The predicted molar refractivity (Wildman–Crippen MR) is 70.2 cm³/mol. The lowest BCUT2D eigenvalue weighted by atomic mass is 10.1. The second kappa shape index (κ2) is 5.10. The number of hydrogen-bond donors (Lipinski definition) is 2. The van der Waals surface area contributed by atoms with Crippen molar-refractivity contribution in [1.82, 2.24) is 5.32 Å². The van der Waals surface area contributed by atoms with Crippen molar-refractivity contribution in [3.63, 3.8) is 0 Å². The molecule has 1 aliphatic rings. The van der Waals surface area contributed by atoms with E-state index in [2.05, 4.69) is 21.2 Å². The minimum Gasteiger partial charge on any atom is -0.480 e. The number of amides is 1. The van der Waals surface area contributed by atoms with Crippen molar-refractivity contribution >= 4 is 27.8 Å². The van der Waals surface area contributed by atoms with Gasteiger partial charge in [-0.1, -0.05) is 28.1 Å². The van der Waals surface area contributed by atoms with E-state index in [4.69, 9.17) is 5.11 Å². The Bertz CT molecular complexity index is 489. The molecule has 2 N–H and O–H groups in total. The molecule has 1 aromatic rings. The van der Waals surface area contributed by atoms with Crippen molar-refractivity contribution in [1.29, 1.82) is 0 Å². The average Bonchev–Trinajstić information content (AvgIpc) is 3.08. The van der Waals surface area contributed by atoms with Crippen LogP contribution in [0.2, 0.25) is 0 Å². The number of halogens is 1. The molecule has 1 saturated carbocycles. The Kier molecular flexibility index (Phi) is 3.71. The number of carboxylic acid groups (broad SMARTS) is 1. The summed E-state index contributed by atoms with van der Waals surface area (Å²) in [5.74, 6) is -1.07. The van der Waals surface area contributed by atoms with Crippen LogP contribution in [0, 0.1) is 5.92 Å². The van der Waals surface area contributed by atoms with Crippen molar-refractivity contribution in [2.45, 2.75) is 25.3 Å². The van der Waals surface area contributed by atoms with E-state index < -0.39 is 12.0 Å².